The lowest BCUT2D eigenvalue weighted by Gasteiger charge is -2.24. The largest absolute Gasteiger partial charge is 0.379 e. The maximum Gasteiger partial charge on any atom is 0.261 e. The van der Waals surface area contributed by atoms with Crippen molar-refractivity contribution in [1.82, 2.24) is 9.97 Å². The third kappa shape index (κ3) is 4.16. The standard InChI is InChI=1S/C16H26N4O2/c1-3-11(4-2)8-14-19-15(13(9-17)16(21)20-14)18-12-6-5-7-22-10-12/h9,11-12,17H,3-8,10H2,1-2H3,(H2,18,19,20,21). The van der Waals surface area contributed by atoms with Gasteiger partial charge >= 0.3 is 0 Å². The van der Waals surface area contributed by atoms with Gasteiger partial charge in [-0.25, -0.2) is 4.98 Å². The molecule has 0 bridgehead atoms. The first-order valence-electron chi connectivity index (χ1n) is 8.15. The quantitative estimate of drug-likeness (QED) is 0.674. The van der Waals surface area contributed by atoms with E-state index in [1.165, 1.54) is 0 Å². The van der Waals surface area contributed by atoms with Crippen LogP contribution in [-0.2, 0) is 11.2 Å². The molecule has 1 aliphatic heterocycles. The summed E-state index contributed by atoms with van der Waals surface area (Å²) in [6.07, 6.45) is 5.95. The van der Waals surface area contributed by atoms with Crippen molar-refractivity contribution in [2.75, 3.05) is 18.5 Å². The van der Waals surface area contributed by atoms with Crippen LogP contribution in [0.3, 0.4) is 0 Å². The smallest absolute Gasteiger partial charge is 0.261 e. The van der Waals surface area contributed by atoms with Gasteiger partial charge in [0.05, 0.1) is 18.2 Å². The molecule has 0 radical (unpaired) electrons. The number of rotatable bonds is 7. The molecule has 0 aromatic carbocycles. The van der Waals surface area contributed by atoms with Crippen LogP contribution in [0, 0.1) is 11.3 Å². The SMILES string of the molecule is CCC(CC)Cc1nc(NC2CCCOC2)c(C=N)c(=O)[nH]1. The van der Waals surface area contributed by atoms with E-state index in [0.29, 0.717) is 29.7 Å². The summed E-state index contributed by atoms with van der Waals surface area (Å²) in [6.45, 7) is 5.71. The minimum Gasteiger partial charge on any atom is -0.379 e. The molecule has 1 saturated heterocycles. The monoisotopic (exact) mass is 306 g/mol. The molecular formula is C16H26N4O2. The van der Waals surface area contributed by atoms with E-state index >= 15 is 0 Å². The molecule has 1 aliphatic rings. The Labute approximate surface area is 131 Å². The molecular weight excluding hydrogens is 280 g/mol. The molecule has 1 aromatic rings. The summed E-state index contributed by atoms with van der Waals surface area (Å²) in [5.41, 5.74) is 0.0454. The van der Waals surface area contributed by atoms with Gasteiger partial charge in [-0.3, -0.25) is 4.79 Å². The molecule has 2 heterocycles. The Kier molecular flexibility index (Phi) is 6.12. The van der Waals surface area contributed by atoms with Gasteiger partial charge in [0.15, 0.2) is 0 Å². The third-order valence-electron chi connectivity index (χ3n) is 4.29. The Bertz CT molecular complexity index is 546. The summed E-state index contributed by atoms with van der Waals surface area (Å²) in [4.78, 5) is 19.5. The zero-order valence-corrected chi connectivity index (χ0v) is 13.4. The van der Waals surface area contributed by atoms with Crippen LogP contribution in [0.4, 0.5) is 5.82 Å². The fourth-order valence-electron chi connectivity index (χ4n) is 2.77. The van der Waals surface area contributed by atoms with Crippen LogP contribution in [0.25, 0.3) is 0 Å². The molecule has 6 nitrogen and oxygen atoms in total. The number of ether oxygens (including phenoxy) is 1. The Morgan fingerprint density at radius 1 is 1.50 bits per heavy atom. The Morgan fingerprint density at radius 3 is 2.86 bits per heavy atom. The third-order valence-corrected chi connectivity index (χ3v) is 4.29. The fraction of sp³-hybridized carbons (Fsp3) is 0.688. The van der Waals surface area contributed by atoms with Crippen molar-refractivity contribution in [1.29, 1.82) is 5.41 Å². The minimum absolute atomic E-state index is 0.155. The molecule has 22 heavy (non-hydrogen) atoms. The van der Waals surface area contributed by atoms with Crippen molar-refractivity contribution < 1.29 is 4.74 Å². The van der Waals surface area contributed by atoms with E-state index in [9.17, 15) is 4.79 Å². The second-order valence-electron chi connectivity index (χ2n) is 5.86. The normalized spacial score (nSPS) is 18.4. The number of nitrogens with zero attached hydrogens (tertiary/aromatic N) is 1. The molecule has 0 aliphatic carbocycles. The zero-order valence-electron chi connectivity index (χ0n) is 13.4. The number of aromatic nitrogens is 2. The Hall–Kier alpha value is -1.69. The van der Waals surface area contributed by atoms with Crippen LogP contribution < -0.4 is 10.9 Å². The molecule has 0 amide bonds. The molecule has 1 aromatic heterocycles. The highest BCUT2D eigenvalue weighted by atomic mass is 16.5. The summed E-state index contributed by atoms with van der Waals surface area (Å²) >= 11 is 0. The first kappa shape index (κ1) is 16.7. The van der Waals surface area contributed by atoms with Gasteiger partial charge in [0.1, 0.15) is 11.6 Å². The number of aromatic amines is 1. The van der Waals surface area contributed by atoms with Gasteiger partial charge in [-0.05, 0) is 18.8 Å². The molecule has 1 atom stereocenters. The highest BCUT2D eigenvalue weighted by Gasteiger charge is 2.18. The number of nitrogens with one attached hydrogen (secondary N) is 3. The van der Waals surface area contributed by atoms with Crippen molar-refractivity contribution in [3.63, 3.8) is 0 Å². The van der Waals surface area contributed by atoms with Crippen molar-refractivity contribution in [3.05, 3.63) is 21.7 Å². The molecule has 2 rings (SSSR count). The lowest BCUT2D eigenvalue weighted by atomic mass is 9.99. The van der Waals surface area contributed by atoms with Gasteiger partial charge in [-0.1, -0.05) is 26.7 Å². The van der Waals surface area contributed by atoms with E-state index in [0.717, 1.165) is 44.9 Å². The first-order chi connectivity index (χ1) is 10.7. The summed E-state index contributed by atoms with van der Waals surface area (Å²) in [5, 5.41) is 10.8. The van der Waals surface area contributed by atoms with E-state index in [1.54, 1.807) is 0 Å². The minimum atomic E-state index is -0.245. The maximum atomic E-state index is 12.2. The van der Waals surface area contributed by atoms with Crippen LogP contribution in [0.1, 0.15) is 50.9 Å². The van der Waals surface area contributed by atoms with Crippen molar-refractivity contribution >= 4 is 12.0 Å². The second-order valence-corrected chi connectivity index (χ2v) is 5.86. The van der Waals surface area contributed by atoms with Crippen LogP contribution in [0.2, 0.25) is 0 Å². The lowest BCUT2D eigenvalue weighted by molar-refractivity contribution is 0.0875. The Balaban J connectivity index is 2.23. The van der Waals surface area contributed by atoms with Gasteiger partial charge in [-0.15, -0.1) is 0 Å². The van der Waals surface area contributed by atoms with E-state index < -0.39 is 0 Å². The van der Waals surface area contributed by atoms with E-state index in [-0.39, 0.29) is 11.6 Å². The predicted molar refractivity (Wildman–Crippen MR) is 88.0 cm³/mol. The lowest BCUT2D eigenvalue weighted by Crippen LogP contribution is -2.32. The van der Waals surface area contributed by atoms with E-state index in [1.807, 2.05) is 0 Å². The molecule has 3 N–H and O–H groups in total. The predicted octanol–water partition coefficient (Wildman–Crippen LogP) is 2.34. The highest BCUT2D eigenvalue weighted by molar-refractivity contribution is 5.83. The fourth-order valence-corrected chi connectivity index (χ4v) is 2.77. The van der Waals surface area contributed by atoms with Crippen LogP contribution in [0.5, 0.6) is 0 Å². The average molecular weight is 306 g/mol. The number of hydrogen-bond donors (Lipinski definition) is 3. The number of hydrogen-bond acceptors (Lipinski definition) is 5. The first-order valence-corrected chi connectivity index (χ1v) is 8.15. The van der Waals surface area contributed by atoms with Gasteiger partial charge < -0.3 is 20.4 Å². The van der Waals surface area contributed by atoms with Gasteiger partial charge in [0, 0.05) is 19.2 Å². The molecule has 122 valence electrons. The Morgan fingerprint density at radius 2 is 2.27 bits per heavy atom. The van der Waals surface area contributed by atoms with Crippen LogP contribution >= 0.6 is 0 Å². The molecule has 6 heteroatoms. The van der Waals surface area contributed by atoms with E-state index in [4.69, 9.17) is 10.1 Å². The van der Waals surface area contributed by atoms with E-state index in [2.05, 4.69) is 29.1 Å². The maximum absolute atomic E-state index is 12.2. The van der Waals surface area contributed by atoms with Crippen LogP contribution in [-0.4, -0.2) is 35.4 Å². The van der Waals surface area contributed by atoms with Gasteiger partial charge in [-0.2, -0.15) is 0 Å². The average Bonchev–Trinajstić information content (AvgIpc) is 2.53. The van der Waals surface area contributed by atoms with Crippen molar-refractivity contribution in [2.24, 2.45) is 5.92 Å². The highest BCUT2D eigenvalue weighted by Crippen LogP contribution is 2.17. The summed E-state index contributed by atoms with van der Waals surface area (Å²) in [7, 11) is 0. The molecule has 1 fully saturated rings. The molecule has 0 saturated carbocycles. The van der Waals surface area contributed by atoms with Gasteiger partial charge in [0.2, 0.25) is 0 Å². The summed E-state index contributed by atoms with van der Waals surface area (Å²) < 4.78 is 5.45. The molecule has 1 unspecified atom stereocenters. The van der Waals surface area contributed by atoms with Crippen molar-refractivity contribution in [2.45, 2.75) is 52.0 Å². The van der Waals surface area contributed by atoms with Gasteiger partial charge in [0.25, 0.3) is 5.56 Å². The van der Waals surface area contributed by atoms with Crippen molar-refractivity contribution in [3.8, 4) is 0 Å². The zero-order chi connectivity index (χ0) is 15.9. The molecule has 0 spiro atoms. The summed E-state index contributed by atoms with van der Waals surface area (Å²) in [5.74, 6) is 1.72. The number of anilines is 1. The topological polar surface area (TPSA) is 90.9 Å². The number of H-pyrrole nitrogens is 1. The summed E-state index contributed by atoms with van der Waals surface area (Å²) in [6, 6.07) is 0.155. The van der Waals surface area contributed by atoms with Crippen LogP contribution in [0.15, 0.2) is 4.79 Å². The second kappa shape index (κ2) is 8.08.